The van der Waals surface area contributed by atoms with E-state index in [-0.39, 0.29) is 5.41 Å². The average Bonchev–Trinajstić information content (AvgIpc) is 2.38. The van der Waals surface area contributed by atoms with Crippen LogP contribution < -0.4 is 15.0 Å². The molecule has 1 heterocycles. The van der Waals surface area contributed by atoms with Crippen LogP contribution in [-0.4, -0.2) is 32.8 Å². The zero-order valence-electron chi connectivity index (χ0n) is 12.2. The third-order valence-electron chi connectivity index (χ3n) is 3.72. The van der Waals surface area contributed by atoms with E-state index in [2.05, 4.69) is 37.1 Å². The van der Waals surface area contributed by atoms with Crippen molar-refractivity contribution < 1.29 is 4.74 Å². The number of hydrogen-bond donors (Lipinski definition) is 1. The van der Waals surface area contributed by atoms with E-state index in [1.807, 2.05) is 12.1 Å². The normalized spacial score (nSPS) is 20.5. The Kier molecular flexibility index (Phi) is 4.26. The van der Waals surface area contributed by atoms with Gasteiger partial charge in [-0.1, -0.05) is 32.4 Å². The monoisotopic (exact) mass is 282 g/mol. The number of halogens is 1. The highest BCUT2D eigenvalue weighted by atomic mass is 35.5. The third kappa shape index (κ3) is 3.34. The molecule has 0 aromatic heterocycles. The Balaban J connectivity index is 2.15. The Morgan fingerprint density at radius 2 is 2.11 bits per heavy atom. The van der Waals surface area contributed by atoms with Crippen LogP contribution in [0.5, 0.6) is 5.75 Å². The molecule has 1 fully saturated rings. The molecule has 0 spiro atoms. The maximum atomic E-state index is 6.21. The Morgan fingerprint density at radius 3 is 2.68 bits per heavy atom. The molecule has 1 atom stereocenters. The first kappa shape index (κ1) is 14.5. The summed E-state index contributed by atoms with van der Waals surface area (Å²) in [6.07, 6.45) is 0. The van der Waals surface area contributed by atoms with Crippen molar-refractivity contribution >= 4 is 17.3 Å². The van der Waals surface area contributed by atoms with E-state index in [1.165, 1.54) is 5.69 Å². The van der Waals surface area contributed by atoms with Crippen molar-refractivity contribution in [3.63, 3.8) is 0 Å². The molecule has 4 heteroatoms. The number of piperazine rings is 1. The van der Waals surface area contributed by atoms with Crippen molar-refractivity contribution in [3.05, 3.63) is 23.2 Å². The first-order chi connectivity index (χ1) is 8.91. The minimum Gasteiger partial charge on any atom is -0.495 e. The van der Waals surface area contributed by atoms with E-state index < -0.39 is 0 Å². The molecule has 19 heavy (non-hydrogen) atoms. The van der Waals surface area contributed by atoms with Gasteiger partial charge in [0.05, 0.1) is 12.1 Å². The van der Waals surface area contributed by atoms with Crippen molar-refractivity contribution in [2.75, 3.05) is 31.6 Å². The lowest BCUT2D eigenvalue weighted by Crippen LogP contribution is -2.56. The summed E-state index contributed by atoms with van der Waals surface area (Å²) in [6.45, 7) is 9.84. The van der Waals surface area contributed by atoms with Gasteiger partial charge in [0.25, 0.3) is 0 Å². The molecule has 0 bridgehead atoms. The van der Waals surface area contributed by atoms with Crippen LogP contribution in [0.1, 0.15) is 20.8 Å². The molecule has 1 N–H and O–H groups in total. The van der Waals surface area contributed by atoms with E-state index >= 15 is 0 Å². The van der Waals surface area contributed by atoms with E-state index in [9.17, 15) is 0 Å². The second-order valence-corrected chi connectivity index (χ2v) is 6.54. The van der Waals surface area contributed by atoms with Crippen LogP contribution in [0.25, 0.3) is 0 Å². The van der Waals surface area contributed by atoms with Gasteiger partial charge in [0, 0.05) is 31.4 Å². The summed E-state index contributed by atoms with van der Waals surface area (Å²) in [7, 11) is 1.64. The minimum absolute atomic E-state index is 0.259. The quantitative estimate of drug-likeness (QED) is 0.902. The number of benzene rings is 1. The fourth-order valence-corrected chi connectivity index (χ4v) is 2.67. The second-order valence-electron chi connectivity index (χ2n) is 6.14. The van der Waals surface area contributed by atoms with Gasteiger partial charge < -0.3 is 15.0 Å². The number of hydrogen-bond acceptors (Lipinski definition) is 3. The van der Waals surface area contributed by atoms with Gasteiger partial charge in [0.2, 0.25) is 0 Å². The van der Waals surface area contributed by atoms with Crippen LogP contribution in [0.15, 0.2) is 18.2 Å². The van der Waals surface area contributed by atoms with Gasteiger partial charge in [0.15, 0.2) is 0 Å². The number of nitrogens with zero attached hydrogens (tertiary/aromatic N) is 1. The van der Waals surface area contributed by atoms with Crippen molar-refractivity contribution in [2.24, 2.45) is 5.41 Å². The number of nitrogens with one attached hydrogen (secondary N) is 1. The molecule has 106 valence electrons. The predicted molar refractivity (Wildman–Crippen MR) is 81.5 cm³/mol. The van der Waals surface area contributed by atoms with Crippen LogP contribution in [-0.2, 0) is 0 Å². The summed E-state index contributed by atoms with van der Waals surface area (Å²) in [6, 6.07) is 6.50. The number of ether oxygens (including phenoxy) is 1. The molecule has 0 saturated carbocycles. The molecule has 0 aliphatic carbocycles. The predicted octanol–water partition coefficient (Wildman–Crippen LogP) is 3.17. The third-order valence-corrected chi connectivity index (χ3v) is 4.02. The van der Waals surface area contributed by atoms with Gasteiger partial charge in [-0.25, -0.2) is 0 Å². The second kappa shape index (κ2) is 5.59. The zero-order chi connectivity index (χ0) is 14.0. The van der Waals surface area contributed by atoms with E-state index in [0.717, 1.165) is 25.4 Å². The summed E-state index contributed by atoms with van der Waals surface area (Å²) < 4.78 is 5.20. The lowest BCUT2D eigenvalue weighted by Gasteiger charge is -2.41. The summed E-state index contributed by atoms with van der Waals surface area (Å²) in [5, 5.41) is 4.27. The van der Waals surface area contributed by atoms with Crippen LogP contribution in [0.2, 0.25) is 5.02 Å². The van der Waals surface area contributed by atoms with Crippen LogP contribution in [0.4, 0.5) is 5.69 Å². The summed E-state index contributed by atoms with van der Waals surface area (Å²) in [4.78, 5) is 2.39. The molecule has 2 rings (SSSR count). The van der Waals surface area contributed by atoms with Crippen molar-refractivity contribution in [1.82, 2.24) is 5.32 Å². The highest BCUT2D eigenvalue weighted by Crippen LogP contribution is 2.31. The Labute approximate surface area is 120 Å². The molecular weight excluding hydrogens is 260 g/mol. The Hall–Kier alpha value is -0.930. The molecule has 1 aliphatic rings. The topological polar surface area (TPSA) is 24.5 Å². The molecular formula is C15H23ClN2O. The summed E-state index contributed by atoms with van der Waals surface area (Å²) >= 11 is 6.21. The number of methoxy groups -OCH3 is 1. The lowest BCUT2D eigenvalue weighted by atomic mass is 9.85. The fourth-order valence-electron chi connectivity index (χ4n) is 2.42. The van der Waals surface area contributed by atoms with E-state index in [0.29, 0.717) is 11.1 Å². The van der Waals surface area contributed by atoms with E-state index in [1.54, 1.807) is 7.11 Å². The van der Waals surface area contributed by atoms with Gasteiger partial charge >= 0.3 is 0 Å². The fraction of sp³-hybridized carbons (Fsp3) is 0.600. The van der Waals surface area contributed by atoms with Crippen molar-refractivity contribution in [2.45, 2.75) is 26.8 Å². The Morgan fingerprint density at radius 1 is 1.37 bits per heavy atom. The lowest BCUT2D eigenvalue weighted by molar-refractivity contribution is 0.254. The standard InChI is InChI=1S/C15H23ClN2O/c1-15(2,3)14-10-18(8-7-17-14)11-5-6-13(19-4)12(16)9-11/h5-6,9,14,17H,7-8,10H2,1-4H3. The summed E-state index contributed by atoms with van der Waals surface area (Å²) in [5.74, 6) is 0.730. The average molecular weight is 283 g/mol. The highest BCUT2D eigenvalue weighted by Gasteiger charge is 2.29. The van der Waals surface area contributed by atoms with Crippen LogP contribution in [0.3, 0.4) is 0 Å². The Bertz CT molecular complexity index is 442. The largest absolute Gasteiger partial charge is 0.495 e. The molecule has 0 radical (unpaired) electrons. The van der Waals surface area contributed by atoms with Crippen LogP contribution >= 0.6 is 11.6 Å². The molecule has 1 saturated heterocycles. The minimum atomic E-state index is 0.259. The summed E-state index contributed by atoms with van der Waals surface area (Å²) in [5.41, 5.74) is 1.43. The van der Waals surface area contributed by atoms with Crippen LogP contribution in [0, 0.1) is 5.41 Å². The van der Waals surface area contributed by atoms with E-state index in [4.69, 9.17) is 16.3 Å². The maximum Gasteiger partial charge on any atom is 0.137 e. The molecule has 3 nitrogen and oxygen atoms in total. The van der Waals surface area contributed by atoms with Gasteiger partial charge in [-0.2, -0.15) is 0 Å². The van der Waals surface area contributed by atoms with Gasteiger partial charge in [-0.05, 0) is 23.6 Å². The molecule has 1 unspecified atom stereocenters. The highest BCUT2D eigenvalue weighted by molar-refractivity contribution is 6.32. The molecule has 1 aliphatic heterocycles. The zero-order valence-corrected chi connectivity index (χ0v) is 12.9. The molecule has 0 amide bonds. The molecule has 1 aromatic carbocycles. The van der Waals surface area contributed by atoms with Crippen molar-refractivity contribution in [3.8, 4) is 5.75 Å². The first-order valence-electron chi connectivity index (χ1n) is 6.73. The number of rotatable bonds is 2. The molecule has 1 aromatic rings. The van der Waals surface area contributed by atoms with Gasteiger partial charge in [-0.3, -0.25) is 0 Å². The van der Waals surface area contributed by atoms with Gasteiger partial charge in [0.1, 0.15) is 5.75 Å². The smallest absolute Gasteiger partial charge is 0.137 e. The first-order valence-corrected chi connectivity index (χ1v) is 7.11. The maximum absolute atomic E-state index is 6.21. The SMILES string of the molecule is COc1ccc(N2CCNC(C(C)(C)C)C2)cc1Cl. The van der Waals surface area contributed by atoms with Gasteiger partial charge in [-0.15, -0.1) is 0 Å². The number of anilines is 1. The van der Waals surface area contributed by atoms with Crippen molar-refractivity contribution in [1.29, 1.82) is 0 Å².